The monoisotopic (exact) mass is 397 g/mol. The van der Waals surface area contributed by atoms with Crippen molar-refractivity contribution in [3.63, 3.8) is 0 Å². The van der Waals surface area contributed by atoms with Gasteiger partial charge in [0.1, 0.15) is 5.75 Å². The Bertz CT molecular complexity index is 612. The molecule has 1 saturated heterocycles. The lowest BCUT2D eigenvalue weighted by Gasteiger charge is -2.36. The number of para-hydroxylation sites is 1. The molecule has 0 radical (unpaired) electrons. The lowest BCUT2D eigenvalue weighted by Crippen LogP contribution is -2.49. The zero-order valence-corrected chi connectivity index (χ0v) is 17.1. The Balaban J connectivity index is 0.00000364. The van der Waals surface area contributed by atoms with Crippen LogP contribution in [0.2, 0.25) is 0 Å². The van der Waals surface area contributed by atoms with Gasteiger partial charge in [0, 0.05) is 38.5 Å². The zero-order valence-electron chi connectivity index (χ0n) is 16.3. The zero-order chi connectivity index (χ0) is 18.9. The summed E-state index contributed by atoms with van der Waals surface area (Å²) in [6.07, 6.45) is 3.79. The maximum absolute atomic E-state index is 12.9. The quantitative estimate of drug-likeness (QED) is 0.705. The minimum Gasteiger partial charge on any atom is -0.496 e. The number of piperidine rings is 1. The number of nitrogens with one attached hydrogen (secondary N) is 1. The molecular formula is C20H32ClN3O3. The van der Waals surface area contributed by atoms with E-state index in [0.29, 0.717) is 25.9 Å². The van der Waals surface area contributed by atoms with Gasteiger partial charge in [0.15, 0.2) is 0 Å². The van der Waals surface area contributed by atoms with E-state index >= 15 is 0 Å². The number of benzene rings is 1. The molecule has 0 spiro atoms. The highest BCUT2D eigenvalue weighted by Crippen LogP contribution is 2.29. The van der Waals surface area contributed by atoms with E-state index in [1.54, 1.807) is 7.11 Å². The van der Waals surface area contributed by atoms with Gasteiger partial charge in [-0.2, -0.15) is 0 Å². The molecule has 2 rings (SSSR count). The molecule has 6 nitrogen and oxygen atoms in total. The second-order valence-corrected chi connectivity index (χ2v) is 6.93. The number of ether oxygens (including phenoxy) is 1. The molecule has 1 aromatic carbocycles. The molecule has 3 N–H and O–H groups in total. The summed E-state index contributed by atoms with van der Waals surface area (Å²) in [6, 6.07) is 7.91. The van der Waals surface area contributed by atoms with Crippen LogP contribution in [-0.2, 0) is 9.59 Å². The summed E-state index contributed by atoms with van der Waals surface area (Å²) < 4.78 is 5.42. The van der Waals surface area contributed by atoms with Crippen LogP contribution in [0.3, 0.4) is 0 Å². The van der Waals surface area contributed by atoms with E-state index in [-0.39, 0.29) is 36.2 Å². The van der Waals surface area contributed by atoms with Crippen LogP contribution in [0.15, 0.2) is 24.3 Å². The Morgan fingerprint density at radius 3 is 2.78 bits per heavy atom. The van der Waals surface area contributed by atoms with Crippen molar-refractivity contribution in [1.29, 1.82) is 0 Å². The average Bonchev–Trinajstić information content (AvgIpc) is 2.66. The van der Waals surface area contributed by atoms with Gasteiger partial charge in [0.05, 0.1) is 7.11 Å². The first kappa shape index (κ1) is 23.2. The van der Waals surface area contributed by atoms with Crippen molar-refractivity contribution < 1.29 is 14.3 Å². The lowest BCUT2D eigenvalue weighted by atomic mass is 9.94. The molecule has 1 fully saturated rings. The minimum atomic E-state index is -0.0483. The number of halogens is 1. The summed E-state index contributed by atoms with van der Waals surface area (Å²) in [5, 5.41) is 2.91. The first-order valence-corrected chi connectivity index (χ1v) is 9.46. The molecule has 0 saturated carbocycles. The van der Waals surface area contributed by atoms with Gasteiger partial charge in [-0.1, -0.05) is 25.1 Å². The van der Waals surface area contributed by atoms with E-state index in [2.05, 4.69) is 12.2 Å². The summed E-state index contributed by atoms with van der Waals surface area (Å²) in [6.45, 7) is 3.66. The lowest BCUT2D eigenvalue weighted by molar-refractivity contribution is -0.135. The number of nitrogens with zero attached hydrogens (tertiary/aromatic N) is 1. The van der Waals surface area contributed by atoms with Crippen LogP contribution in [0, 0.1) is 0 Å². The van der Waals surface area contributed by atoms with E-state index in [1.807, 2.05) is 29.2 Å². The van der Waals surface area contributed by atoms with Crippen LogP contribution in [0.5, 0.6) is 5.75 Å². The molecule has 1 aliphatic rings. The van der Waals surface area contributed by atoms with Crippen molar-refractivity contribution >= 4 is 24.2 Å². The normalized spacial score (nSPS) is 17.6. The van der Waals surface area contributed by atoms with Crippen molar-refractivity contribution in [3.8, 4) is 5.75 Å². The van der Waals surface area contributed by atoms with E-state index in [9.17, 15) is 9.59 Å². The van der Waals surface area contributed by atoms with Crippen LogP contribution < -0.4 is 15.8 Å². The third-order valence-corrected chi connectivity index (χ3v) is 5.00. The van der Waals surface area contributed by atoms with Crippen molar-refractivity contribution in [2.24, 2.45) is 5.73 Å². The Labute approximate surface area is 168 Å². The number of hydrogen-bond acceptors (Lipinski definition) is 4. The first-order valence-electron chi connectivity index (χ1n) is 9.46. The van der Waals surface area contributed by atoms with Gasteiger partial charge < -0.3 is 20.7 Å². The van der Waals surface area contributed by atoms with E-state index in [1.165, 1.54) is 0 Å². The molecule has 152 valence electrons. The van der Waals surface area contributed by atoms with Crippen LogP contribution >= 0.6 is 12.4 Å². The SMILES string of the molecule is COc1ccccc1C(C)CC(=O)N1CCCCC1CNC(=O)CCN.Cl. The smallest absolute Gasteiger partial charge is 0.223 e. The highest BCUT2D eigenvalue weighted by molar-refractivity contribution is 5.85. The topological polar surface area (TPSA) is 84.7 Å². The van der Waals surface area contributed by atoms with Crippen molar-refractivity contribution in [2.45, 2.75) is 51.0 Å². The van der Waals surface area contributed by atoms with Gasteiger partial charge in [-0.05, 0) is 36.8 Å². The third kappa shape index (κ3) is 6.70. The highest BCUT2D eigenvalue weighted by atomic mass is 35.5. The molecular weight excluding hydrogens is 366 g/mol. The molecule has 0 bridgehead atoms. The fourth-order valence-corrected chi connectivity index (χ4v) is 3.55. The summed E-state index contributed by atoms with van der Waals surface area (Å²) in [5.41, 5.74) is 6.46. The molecule has 7 heteroatoms. The van der Waals surface area contributed by atoms with Crippen LogP contribution in [0.25, 0.3) is 0 Å². The number of carbonyl (C=O) groups excluding carboxylic acids is 2. The van der Waals surface area contributed by atoms with Gasteiger partial charge in [0.2, 0.25) is 11.8 Å². The fourth-order valence-electron chi connectivity index (χ4n) is 3.55. The molecule has 1 aromatic rings. The van der Waals surface area contributed by atoms with Crippen molar-refractivity contribution in [3.05, 3.63) is 29.8 Å². The number of likely N-dealkylation sites (tertiary alicyclic amines) is 1. The third-order valence-electron chi connectivity index (χ3n) is 5.00. The number of nitrogens with two attached hydrogens (primary N) is 1. The number of methoxy groups -OCH3 is 1. The number of carbonyl (C=O) groups is 2. The number of amides is 2. The number of hydrogen-bond donors (Lipinski definition) is 2. The van der Waals surface area contributed by atoms with E-state index < -0.39 is 0 Å². The van der Waals surface area contributed by atoms with Crippen molar-refractivity contribution in [2.75, 3.05) is 26.7 Å². The molecule has 27 heavy (non-hydrogen) atoms. The standard InChI is InChI=1S/C20H31N3O3.ClH/c1-15(17-8-3-4-9-18(17)26-2)13-20(25)23-12-6-5-7-16(23)14-22-19(24)10-11-21;/h3-4,8-9,15-16H,5-7,10-14,21H2,1-2H3,(H,22,24);1H. The molecule has 0 aliphatic carbocycles. The molecule has 0 aromatic heterocycles. The van der Waals surface area contributed by atoms with Gasteiger partial charge in [-0.25, -0.2) is 0 Å². The Hall–Kier alpha value is -1.79. The van der Waals surface area contributed by atoms with E-state index in [4.69, 9.17) is 10.5 Å². The Kier molecular flexibility index (Phi) is 10.2. The average molecular weight is 398 g/mol. The predicted octanol–water partition coefficient (Wildman–Crippen LogP) is 2.46. The highest BCUT2D eigenvalue weighted by Gasteiger charge is 2.28. The summed E-state index contributed by atoms with van der Waals surface area (Å²) >= 11 is 0. The minimum absolute atomic E-state index is 0. The fraction of sp³-hybridized carbons (Fsp3) is 0.600. The van der Waals surface area contributed by atoms with Crippen molar-refractivity contribution in [1.82, 2.24) is 10.2 Å². The van der Waals surface area contributed by atoms with Gasteiger partial charge in [0.25, 0.3) is 0 Å². The molecule has 2 unspecified atom stereocenters. The second kappa shape index (κ2) is 11.8. The Morgan fingerprint density at radius 2 is 2.07 bits per heavy atom. The maximum atomic E-state index is 12.9. The molecule has 1 heterocycles. The largest absolute Gasteiger partial charge is 0.496 e. The summed E-state index contributed by atoms with van der Waals surface area (Å²) in [5.74, 6) is 0.985. The van der Waals surface area contributed by atoms with E-state index in [0.717, 1.165) is 37.1 Å². The van der Waals surface area contributed by atoms with Crippen LogP contribution in [0.4, 0.5) is 0 Å². The first-order chi connectivity index (χ1) is 12.6. The second-order valence-electron chi connectivity index (χ2n) is 6.93. The molecule has 1 aliphatic heterocycles. The molecule has 2 atom stereocenters. The predicted molar refractivity (Wildman–Crippen MR) is 109 cm³/mol. The Morgan fingerprint density at radius 1 is 1.33 bits per heavy atom. The molecule has 2 amide bonds. The summed E-state index contributed by atoms with van der Waals surface area (Å²) in [4.78, 5) is 26.5. The maximum Gasteiger partial charge on any atom is 0.223 e. The number of rotatable bonds is 8. The summed E-state index contributed by atoms with van der Waals surface area (Å²) in [7, 11) is 1.65. The van der Waals surface area contributed by atoms with Gasteiger partial charge in [-0.15, -0.1) is 12.4 Å². The van der Waals surface area contributed by atoms with Crippen LogP contribution in [0.1, 0.15) is 50.5 Å². The van der Waals surface area contributed by atoms with Gasteiger partial charge in [-0.3, -0.25) is 9.59 Å². The van der Waals surface area contributed by atoms with Gasteiger partial charge >= 0.3 is 0 Å². The van der Waals surface area contributed by atoms with Crippen LogP contribution in [-0.4, -0.2) is 49.5 Å².